The van der Waals surface area contributed by atoms with E-state index in [0.717, 1.165) is 90.8 Å². The maximum atomic E-state index is 6.25. The summed E-state index contributed by atoms with van der Waals surface area (Å²) in [5.74, 6) is 4.38. The molecule has 2 aliphatic rings. The van der Waals surface area contributed by atoms with Gasteiger partial charge in [-0.05, 0) is 52.0 Å². The Morgan fingerprint density at radius 1 is 0.477 bits per heavy atom. The molecule has 0 aliphatic carbocycles. The van der Waals surface area contributed by atoms with Crippen molar-refractivity contribution < 1.29 is 37.9 Å². The van der Waals surface area contributed by atoms with E-state index >= 15 is 0 Å². The van der Waals surface area contributed by atoms with Gasteiger partial charge in [-0.25, -0.2) is 0 Å². The molecule has 4 aromatic rings. The Morgan fingerprint density at radius 2 is 0.818 bits per heavy atom. The molecular formula is C36H42O8. The lowest BCUT2D eigenvalue weighted by molar-refractivity contribution is -0.00672. The van der Waals surface area contributed by atoms with Crippen LogP contribution in [0.4, 0.5) is 0 Å². The molecule has 0 fully saturated rings. The Bertz CT molecular complexity index is 1630. The highest BCUT2D eigenvalue weighted by atomic mass is 16.5. The molecule has 2 heterocycles. The van der Waals surface area contributed by atoms with E-state index in [4.69, 9.17) is 37.9 Å². The van der Waals surface area contributed by atoms with Gasteiger partial charge in [0.05, 0.1) is 77.8 Å². The van der Waals surface area contributed by atoms with Crippen molar-refractivity contribution >= 4 is 21.5 Å². The van der Waals surface area contributed by atoms with Gasteiger partial charge in [0.2, 0.25) is 0 Å². The van der Waals surface area contributed by atoms with Gasteiger partial charge in [-0.15, -0.1) is 0 Å². The molecule has 44 heavy (non-hydrogen) atoms. The van der Waals surface area contributed by atoms with Gasteiger partial charge in [0.15, 0.2) is 0 Å². The van der Waals surface area contributed by atoms with E-state index in [0.29, 0.717) is 11.5 Å². The largest absolute Gasteiger partial charge is 0.496 e. The average Bonchev–Trinajstić information content (AvgIpc) is 3.01. The van der Waals surface area contributed by atoms with Crippen molar-refractivity contribution in [1.29, 1.82) is 0 Å². The Labute approximate surface area is 259 Å². The monoisotopic (exact) mass is 602 g/mol. The lowest BCUT2D eigenvalue weighted by Gasteiger charge is -2.33. The minimum atomic E-state index is -0.180. The second kappa shape index (κ2) is 11.6. The van der Waals surface area contributed by atoms with Gasteiger partial charge in [-0.3, -0.25) is 0 Å². The van der Waals surface area contributed by atoms with Gasteiger partial charge in [0.25, 0.3) is 0 Å². The van der Waals surface area contributed by atoms with E-state index in [1.165, 1.54) is 0 Å². The fraction of sp³-hybridized carbons (Fsp3) is 0.444. The van der Waals surface area contributed by atoms with Crippen LogP contribution in [0.1, 0.15) is 62.2 Å². The first kappa shape index (κ1) is 30.2. The van der Waals surface area contributed by atoms with Crippen LogP contribution in [0.5, 0.6) is 34.5 Å². The summed E-state index contributed by atoms with van der Waals surface area (Å²) >= 11 is 0. The summed E-state index contributed by atoms with van der Waals surface area (Å²) in [4.78, 5) is 0. The molecule has 0 N–H and O–H groups in total. The summed E-state index contributed by atoms with van der Waals surface area (Å²) in [5.41, 5.74) is 5.86. The number of ether oxygens (including phenoxy) is 8. The second-order valence-electron chi connectivity index (χ2n) is 11.6. The summed E-state index contributed by atoms with van der Waals surface area (Å²) < 4.78 is 49.4. The number of fused-ring (bicyclic) bond motifs is 4. The van der Waals surface area contributed by atoms with Crippen molar-refractivity contribution in [3.63, 3.8) is 0 Å². The van der Waals surface area contributed by atoms with E-state index in [-0.39, 0.29) is 24.4 Å². The third-order valence-electron chi connectivity index (χ3n) is 9.13. The maximum absolute atomic E-state index is 6.25. The Morgan fingerprint density at radius 3 is 1.14 bits per heavy atom. The van der Waals surface area contributed by atoms with Crippen LogP contribution >= 0.6 is 0 Å². The smallest absolute Gasteiger partial charge is 0.138 e. The number of rotatable bonds is 7. The molecule has 2 aliphatic heterocycles. The summed E-state index contributed by atoms with van der Waals surface area (Å²) in [6.45, 7) is 8.27. The predicted molar refractivity (Wildman–Crippen MR) is 172 cm³/mol. The van der Waals surface area contributed by atoms with E-state index in [1.807, 2.05) is 0 Å². The summed E-state index contributed by atoms with van der Waals surface area (Å²) in [5, 5.41) is 3.47. The van der Waals surface area contributed by atoms with Crippen LogP contribution in [-0.4, -0.2) is 54.9 Å². The number of hydrogen-bond acceptors (Lipinski definition) is 8. The highest BCUT2D eigenvalue weighted by Gasteiger charge is 2.35. The molecule has 0 saturated heterocycles. The molecular weight excluding hydrogens is 560 g/mol. The first-order chi connectivity index (χ1) is 21.2. The lowest BCUT2D eigenvalue weighted by Crippen LogP contribution is -2.23. The Balaban J connectivity index is 1.71. The van der Waals surface area contributed by atoms with E-state index in [9.17, 15) is 0 Å². The van der Waals surface area contributed by atoms with E-state index < -0.39 is 0 Å². The molecule has 0 saturated carbocycles. The minimum absolute atomic E-state index is 0.0608. The van der Waals surface area contributed by atoms with Crippen molar-refractivity contribution in [2.24, 2.45) is 0 Å². The molecule has 8 nitrogen and oxygen atoms in total. The number of methoxy groups -OCH3 is 6. The number of hydrogen-bond donors (Lipinski definition) is 0. The van der Waals surface area contributed by atoms with Crippen LogP contribution in [0.25, 0.3) is 32.7 Å². The molecule has 0 spiro atoms. The van der Waals surface area contributed by atoms with Gasteiger partial charge < -0.3 is 37.9 Å². The average molecular weight is 603 g/mol. The van der Waals surface area contributed by atoms with Crippen LogP contribution < -0.4 is 28.4 Å². The van der Waals surface area contributed by atoms with E-state index in [1.54, 1.807) is 42.7 Å². The van der Waals surface area contributed by atoms with Crippen molar-refractivity contribution in [1.82, 2.24) is 0 Å². The second-order valence-corrected chi connectivity index (χ2v) is 11.6. The molecule has 6 rings (SSSR count). The highest BCUT2D eigenvalue weighted by Crippen LogP contribution is 2.56. The van der Waals surface area contributed by atoms with Crippen LogP contribution in [0, 0.1) is 0 Å². The summed E-state index contributed by atoms with van der Waals surface area (Å²) in [6, 6.07) is 8.26. The van der Waals surface area contributed by atoms with Gasteiger partial charge in [0, 0.05) is 57.0 Å². The van der Waals surface area contributed by atoms with Crippen LogP contribution in [0.15, 0.2) is 24.3 Å². The Hall–Kier alpha value is -3.88. The van der Waals surface area contributed by atoms with E-state index in [2.05, 4.69) is 52.0 Å². The zero-order chi connectivity index (χ0) is 31.4. The third kappa shape index (κ3) is 4.33. The summed E-state index contributed by atoms with van der Waals surface area (Å²) in [6.07, 6.45) is 1.21. The van der Waals surface area contributed by atoms with Crippen molar-refractivity contribution in [3.05, 3.63) is 46.5 Å². The van der Waals surface area contributed by atoms with Crippen LogP contribution in [0.2, 0.25) is 0 Å². The van der Waals surface area contributed by atoms with Gasteiger partial charge in [0.1, 0.15) is 34.5 Å². The molecule has 234 valence electrons. The fourth-order valence-corrected chi connectivity index (χ4v) is 7.62. The first-order valence-electron chi connectivity index (χ1n) is 15.1. The van der Waals surface area contributed by atoms with Crippen molar-refractivity contribution in [3.8, 4) is 45.6 Å². The first-order valence-corrected chi connectivity index (χ1v) is 15.1. The molecule has 0 bridgehead atoms. The SMILES string of the molecule is COc1c2c(c(OC)c3c(OC)c(-c4ccc5c(OC)c6c(c(OC)c5c4OC)[C@@H](C)O[C@@H](C)C6)ccc13)[C@@H](C)O[C@@H](C)C2. The normalized spacial score (nSPS) is 21.0. The van der Waals surface area contributed by atoms with Crippen molar-refractivity contribution in [2.45, 2.75) is 65.0 Å². The lowest BCUT2D eigenvalue weighted by atomic mass is 9.86. The fourth-order valence-electron chi connectivity index (χ4n) is 7.62. The van der Waals surface area contributed by atoms with Crippen LogP contribution in [0.3, 0.4) is 0 Å². The Kier molecular flexibility index (Phi) is 7.92. The molecule has 0 radical (unpaired) electrons. The molecule has 0 aromatic heterocycles. The molecule has 4 aromatic carbocycles. The zero-order valence-corrected chi connectivity index (χ0v) is 27.3. The molecule has 8 heteroatoms. The standard InChI is InChI=1S/C36H42O8/c1-17-15-25-27(19(3)43-17)35(41-9)29-23(31(25)37-5)13-11-21(33(29)39-7)22-12-14-24-30(34(22)40-8)36(42-10)28-20(4)44-18(2)16-26(28)32(24)38-6/h11-14,17-20H,15-16H2,1-10H3/t17-,18-,19+,20+/m0/s1. The zero-order valence-electron chi connectivity index (χ0n) is 27.3. The van der Waals surface area contributed by atoms with Gasteiger partial charge >= 0.3 is 0 Å². The summed E-state index contributed by atoms with van der Waals surface area (Å²) in [7, 11) is 10.2. The topological polar surface area (TPSA) is 73.8 Å². The predicted octanol–water partition coefficient (Wildman–Crippen LogP) is 7.76. The third-order valence-corrected chi connectivity index (χ3v) is 9.13. The molecule has 0 unspecified atom stereocenters. The van der Waals surface area contributed by atoms with Crippen molar-refractivity contribution in [2.75, 3.05) is 42.7 Å². The molecule has 4 atom stereocenters. The highest BCUT2D eigenvalue weighted by molar-refractivity contribution is 6.08. The van der Waals surface area contributed by atoms with Gasteiger partial charge in [-0.2, -0.15) is 0 Å². The van der Waals surface area contributed by atoms with Crippen LogP contribution in [-0.2, 0) is 22.3 Å². The van der Waals surface area contributed by atoms with Gasteiger partial charge in [-0.1, -0.05) is 0 Å². The number of benzene rings is 4. The quantitative estimate of drug-likeness (QED) is 0.213. The maximum Gasteiger partial charge on any atom is 0.138 e. The minimum Gasteiger partial charge on any atom is -0.496 e. The molecule has 0 amide bonds.